The van der Waals surface area contributed by atoms with Crippen LogP contribution >= 0.6 is 0 Å². The molecule has 0 unspecified atom stereocenters. The summed E-state index contributed by atoms with van der Waals surface area (Å²) in [6, 6.07) is 10.4. The van der Waals surface area contributed by atoms with E-state index in [1.165, 1.54) is 10.4 Å². The summed E-state index contributed by atoms with van der Waals surface area (Å²) in [5.41, 5.74) is 2.84. The van der Waals surface area contributed by atoms with Gasteiger partial charge in [-0.25, -0.2) is 8.42 Å². The summed E-state index contributed by atoms with van der Waals surface area (Å²) in [6.07, 6.45) is 0.757. The van der Waals surface area contributed by atoms with Crippen LogP contribution in [-0.4, -0.2) is 62.9 Å². The minimum absolute atomic E-state index is 0.0641. The summed E-state index contributed by atoms with van der Waals surface area (Å²) in [7, 11) is -3.67. The second-order valence-corrected chi connectivity index (χ2v) is 9.59. The Morgan fingerprint density at radius 1 is 0.867 bits per heavy atom. The zero-order chi connectivity index (χ0) is 21.3. The topological polar surface area (TPSA) is 76.2 Å². The molecule has 0 aromatic heterocycles. The van der Waals surface area contributed by atoms with Gasteiger partial charge in [-0.1, -0.05) is 6.07 Å². The molecule has 1 amide bonds. The molecule has 8 heteroatoms. The summed E-state index contributed by atoms with van der Waals surface area (Å²) in [5, 5.41) is 0. The van der Waals surface area contributed by atoms with Gasteiger partial charge in [0.25, 0.3) is 5.91 Å². The van der Waals surface area contributed by atoms with Crippen LogP contribution in [0.1, 0.15) is 27.9 Å². The van der Waals surface area contributed by atoms with Crippen LogP contribution in [0.4, 0.5) is 0 Å². The van der Waals surface area contributed by atoms with Gasteiger partial charge in [-0.3, -0.25) is 4.79 Å². The predicted molar refractivity (Wildman–Crippen MR) is 113 cm³/mol. The van der Waals surface area contributed by atoms with Crippen molar-refractivity contribution < 1.29 is 22.7 Å². The molecule has 2 aliphatic heterocycles. The van der Waals surface area contributed by atoms with Gasteiger partial charge in [0.15, 0.2) is 11.5 Å². The Bertz CT molecular complexity index is 1060. The molecule has 0 atom stereocenters. The number of aryl methyl sites for hydroxylation is 2. The first-order valence-corrected chi connectivity index (χ1v) is 11.6. The van der Waals surface area contributed by atoms with Crippen molar-refractivity contribution in [3.8, 4) is 11.5 Å². The molecule has 4 rings (SSSR count). The quantitative estimate of drug-likeness (QED) is 0.748. The molecule has 0 spiro atoms. The number of sulfonamides is 1. The van der Waals surface area contributed by atoms with Crippen molar-refractivity contribution >= 4 is 15.9 Å². The molecule has 0 bridgehead atoms. The SMILES string of the molecule is Cc1ccc(C(=O)N2CCN(S(=O)(=O)c3ccc4c(c3)OCCCO4)CC2)cc1C. The van der Waals surface area contributed by atoms with Gasteiger partial charge in [0.05, 0.1) is 18.1 Å². The van der Waals surface area contributed by atoms with E-state index in [1.54, 1.807) is 17.0 Å². The molecule has 1 fully saturated rings. The number of ether oxygens (including phenoxy) is 2. The van der Waals surface area contributed by atoms with Gasteiger partial charge in [0.2, 0.25) is 10.0 Å². The van der Waals surface area contributed by atoms with Crippen LogP contribution in [0.5, 0.6) is 11.5 Å². The van der Waals surface area contributed by atoms with Gasteiger partial charge >= 0.3 is 0 Å². The third kappa shape index (κ3) is 4.02. The summed E-state index contributed by atoms with van der Waals surface area (Å²) in [6.45, 7) is 6.26. The third-order valence-electron chi connectivity index (χ3n) is 5.64. The number of carbonyl (C=O) groups is 1. The average Bonchev–Trinajstić information content (AvgIpc) is 3.00. The van der Waals surface area contributed by atoms with Crippen molar-refractivity contribution in [3.05, 3.63) is 53.1 Å². The number of amides is 1. The van der Waals surface area contributed by atoms with E-state index in [-0.39, 0.29) is 23.9 Å². The molecule has 2 aliphatic rings. The molecule has 0 radical (unpaired) electrons. The fourth-order valence-electron chi connectivity index (χ4n) is 3.64. The summed E-state index contributed by atoms with van der Waals surface area (Å²) in [4.78, 5) is 14.7. The molecule has 2 aromatic carbocycles. The average molecular weight is 431 g/mol. The van der Waals surface area contributed by atoms with Crippen LogP contribution in [0.15, 0.2) is 41.3 Å². The number of fused-ring (bicyclic) bond motifs is 1. The van der Waals surface area contributed by atoms with E-state index in [0.29, 0.717) is 43.4 Å². The first-order valence-electron chi connectivity index (χ1n) is 10.1. The first kappa shape index (κ1) is 20.7. The highest BCUT2D eigenvalue weighted by atomic mass is 32.2. The highest BCUT2D eigenvalue weighted by molar-refractivity contribution is 7.89. The summed E-state index contributed by atoms with van der Waals surface area (Å²) < 4.78 is 38.9. The number of nitrogens with zero attached hydrogens (tertiary/aromatic N) is 2. The maximum Gasteiger partial charge on any atom is 0.253 e. The highest BCUT2D eigenvalue weighted by Crippen LogP contribution is 2.33. The van der Waals surface area contributed by atoms with Crippen molar-refractivity contribution in [2.24, 2.45) is 0 Å². The van der Waals surface area contributed by atoms with E-state index in [1.807, 2.05) is 32.0 Å². The lowest BCUT2D eigenvalue weighted by Crippen LogP contribution is -2.50. The molecule has 2 heterocycles. The van der Waals surface area contributed by atoms with Gasteiger partial charge in [0.1, 0.15) is 0 Å². The zero-order valence-electron chi connectivity index (χ0n) is 17.3. The van der Waals surface area contributed by atoms with Gasteiger partial charge in [-0.2, -0.15) is 4.31 Å². The number of hydrogen-bond acceptors (Lipinski definition) is 5. The Hall–Kier alpha value is -2.58. The molecule has 0 N–H and O–H groups in total. The third-order valence-corrected chi connectivity index (χ3v) is 7.53. The molecule has 2 aromatic rings. The van der Waals surface area contributed by atoms with Crippen LogP contribution in [0, 0.1) is 13.8 Å². The number of rotatable bonds is 3. The molecule has 0 saturated carbocycles. The smallest absolute Gasteiger partial charge is 0.253 e. The maximum atomic E-state index is 13.1. The Balaban J connectivity index is 1.46. The van der Waals surface area contributed by atoms with E-state index in [4.69, 9.17) is 9.47 Å². The number of benzene rings is 2. The first-order chi connectivity index (χ1) is 14.4. The monoisotopic (exact) mass is 430 g/mol. The summed E-state index contributed by atoms with van der Waals surface area (Å²) in [5.74, 6) is 0.957. The van der Waals surface area contributed by atoms with Gasteiger partial charge in [0, 0.05) is 44.2 Å². The number of carbonyl (C=O) groups excluding carboxylic acids is 1. The lowest BCUT2D eigenvalue weighted by atomic mass is 10.1. The van der Waals surface area contributed by atoms with Crippen LogP contribution < -0.4 is 9.47 Å². The largest absolute Gasteiger partial charge is 0.490 e. The normalized spacial score (nSPS) is 17.5. The maximum absolute atomic E-state index is 13.1. The van der Waals surface area contributed by atoms with Crippen LogP contribution in [0.2, 0.25) is 0 Å². The lowest BCUT2D eigenvalue weighted by Gasteiger charge is -2.34. The fourth-order valence-corrected chi connectivity index (χ4v) is 5.08. The van der Waals surface area contributed by atoms with Gasteiger partial charge < -0.3 is 14.4 Å². The van der Waals surface area contributed by atoms with E-state index in [2.05, 4.69) is 0 Å². The van der Waals surface area contributed by atoms with Gasteiger partial charge in [-0.15, -0.1) is 0 Å². The van der Waals surface area contributed by atoms with E-state index in [0.717, 1.165) is 17.5 Å². The number of hydrogen-bond donors (Lipinski definition) is 0. The Kier molecular flexibility index (Phi) is 5.71. The standard InChI is InChI=1S/C22H26N2O5S/c1-16-4-5-18(14-17(16)2)22(25)23-8-10-24(11-9-23)30(26,27)19-6-7-20-21(15-19)29-13-3-12-28-20/h4-7,14-15H,3,8-13H2,1-2H3. The van der Waals surface area contributed by atoms with Crippen LogP contribution in [0.3, 0.4) is 0 Å². The minimum Gasteiger partial charge on any atom is -0.490 e. The Labute approximate surface area is 177 Å². The second kappa shape index (κ2) is 8.28. The Morgan fingerprint density at radius 2 is 1.57 bits per heavy atom. The van der Waals surface area contributed by atoms with Crippen molar-refractivity contribution in [3.63, 3.8) is 0 Å². The minimum atomic E-state index is -3.67. The van der Waals surface area contributed by atoms with Gasteiger partial charge in [-0.05, 0) is 49.2 Å². The van der Waals surface area contributed by atoms with E-state index < -0.39 is 10.0 Å². The van der Waals surface area contributed by atoms with Crippen molar-refractivity contribution in [2.75, 3.05) is 39.4 Å². The molecule has 1 saturated heterocycles. The Morgan fingerprint density at radius 3 is 2.27 bits per heavy atom. The van der Waals surface area contributed by atoms with Crippen molar-refractivity contribution in [2.45, 2.75) is 25.2 Å². The van der Waals surface area contributed by atoms with E-state index in [9.17, 15) is 13.2 Å². The van der Waals surface area contributed by atoms with Crippen LogP contribution in [-0.2, 0) is 10.0 Å². The van der Waals surface area contributed by atoms with E-state index >= 15 is 0 Å². The molecule has 160 valence electrons. The lowest BCUT2D eigenvalue weighted by molar-refractivity contribution is 0.0698. The van der Waals surface area contributed by atoms with Crippen molar-refractivity contribution in [1.82, 2.24) is 9.21 Å². The molecular weight excluding hydrogens is 404 g/mol. The fraction of sp³-hybridized carbons (Fsp3) is 0.409. The molecular formula is C22H26N2O5S. The highest BCUT2D eigenvalue weighted by Gasteiger charge is 2.31. The molecule has 0 aliphatic carbocycles. The van der Waals surface area contributed by atoms with Crippen LogP contribution in [0.25, 0.3) is 0 Å². The number of piperazine rings is 1. The summed E-state index contributed by atoms with van der Waals surface area (Å²) >= 11 is 0. The zero-order valence-corrected chi connectivity index (χ0v) is 18.1. The van der Waals surface area contributed by atoms with Crippen molar-refractivity contribution in [1.29, 1.82) is 0 Å². The molecule has 30 heavy (non-hydrogen) atoms. The predicted octanol–water partition coefficient (Wildman–Crippen LogP) is 2.61. The molecule has 7 nitrogen and oxygen atoms in total. The second-order valence-electron chi connectivity index (χ2n) is 7.65.